The summed E-state index contributed by atoms with van der Waals surface area (Å²) < 4.78 is 71.9. The zero-order chi connectivity index (χ0) is 31.4. The lowest BCUT2D eigenvalue weighted by molar-refractivity contribution is -0.137. The second-order valence-electron chi connectivity index (χ2n) is 9.60. The summed E-state index contributed by atoms with van der Waals surface area (Å²) in [7, 11) is -1.91. The number of rotatable bonds is 10. The van der Waals surface area contributed by atoms with Gasteiger partial charge in [0.2, 0.25) is 21.9 Å². The normalized spacial score (nSPS) is 14.7. The summed E-state index contributed by atoms with van der Waals surface area (Å²) in [6.07, 6.45) is -0.490. The molecule has 4 rings (SSSR count). The van der Waals surface area contributed by atoms with E-state index in [0.29, 0.717) is 44.5 Å². The van der Waals surface area contributed by atoms with Crippen molar-refractivity contribution < 1.29 is 31.1 Å². The van der Waals surface area contributed by atoms with Gasteiger partial charge in [0.25, 0.3) is 0 Å². The van der Waals surface area contributed by atoms with Crippen LogP contribution in [0.4, 0.5) is 42.1 Å². The maximum atomic E-state index is 14.0. The molecule has 0 atom stereocenters. The van der Waals surface area contributed by atoms with Crippen LogP contribution in [0.25, 0.3) is 0 Å². The molecule has 0 radical (unpaired) electrons. The average Bonchev–Trinajstić information content (AvgIpc) is 2.95. The monoisotopic (exact) mass is 621 g/mol. The molecule has 2 aromatic heterocycles. The Morgan fingerprint density at radius 3 is 2.42 bits per heavy atom. The van der Waals surface area contributed by atoms with Crippen LogP contribution >= 0.6 is 0 Å². The predicted octanol–water partition coefficient (Wildman–Crippen LogP) is 3.29. The van der Waals surface area contributed by atoms with Crippen LogP contribution in [0.5, 0.6) is 6.01 Å². The van der Waals surface area contributed by atoms with Crippen molar-refractivity contribution in [3.63, 3.8) is 0 Å². The first kappa shape index (κ1) is 31.6. The fraction of sp³-hybridized carbons (Fsp3) is 0.346. The van der Waals surface area contributed by atoms with Gasteiger partial charge in [-0.2, -0.15) is 27.4 Å². The first-order chi connectivity index (χ1) is 20.3. The molecule has 1 aliphatic heterocycles. The molecule has 1 amide bonds. The van der Waals surface area contributed by atoms with Gasteiger partial charge in [0.15, 0.2) is 0 Å². The van der Waals surface area contributed by atoms with E-state index in [4.69, 9.17) is 4.74 Å². The quantitative estimate of drug-likeness (QED) is 0.286. The smallest absolute Gasteiger partial charge is 0.421 e. The highest BCUT2D eigenvalue weighted by Crippen LogP contribution is 2.37. The number of anilines is 5. The van der Waals surface area contributed by atoms with Crippen LogP contribution in [0.3, 0.4) is 0 Å². The highest BCUT2D eigenvalue weighted by molar-refractivity contribution is 7.88. The summed E-state index contributed by atoms with van der Waals surface area (Å²) in [4.78, 5) is 30.2. The number of hydrogen-bond acceptors (Lipinski definition) is 11. The number of sulfonamides is 1. The Morgan fingerprint density at radius 1 is 1.07 bits per heavy atom. The number of methoxy groups -OCH3 is 1. The van der Waals surface area contributed by atoms with Crippen LogP contribution in [0.15, 0.2) is 43.2 Å². The molecule has 230 valence electrons. The Hall–Kier alpha value is -4.35. The summed E-state index contributed by atoms with van der Waals surface area (Å²) in [5.41, 5.74) is 0.503. The number of nitrogens with zero attached hydrogens (tertiary/aromatic N) is 6. The molecule has 1 fully saturated rings. The van der Waals surface area contributed by atoms with E-state index in [1.165, 1.54) is 23.7 Å². The summed E-state index contributed by atoms with van der Waals surface area (Å²) in [5.74, 6) is -1.09. The molecule has 17 heteroatoms. The fourth-order valence-corrected chi connectivity index (χ4v) is 5.02. The minimum Gasteiger partial charge on any atom is -0.467 e. The van der Waals surface area contributed by atoms with Gasteiger partial charge in [-0.05, 0) is 30.7 Å². The number of alkyl halides is 3. The average molecular weight is 622 g/mol. The van der Waals surface area contributed by atoms with Gasteiger partial charge in [-0.15, -0.1) is 0 Å². The van der Waals surface area contributed by atoms with E-state index in [9.17, 15) is 26.4 Å². The summed E-state index contributed by atoms with van der Waals surface area (Å²) in [6.45, 7) is 7.21. The van der Waals surface area contributed by atoms with E-state index >= 15 is 0 Å². The standard InChI is InChI=1S/C26H30F3N9O4S/c1-5-21(39)32-20-12-17(15-37-8-10-38(11-9-37)43(4,40)41)6-7-19(20)33-23-18(26(27,28)29)14-30-24(35-23)34-22-16(2)13-31-25(36-22)42-3/h5-7,12-14H,1,8-11,15H2,2-4H3,(H,32,39)(H2,30,31,33,34,35,36). The van der Waals surface area contributed by atoms with Crippen molar-refractivity contribution in [1.82, 2.24) is 29.1 Å². The van der Waals surface area contributed by atoms with Gasteiger partial charge >= 0.3 is 12.2 Å². The van der Waals surface area contributed by atoms with Gasteiger partial charge < -0.3 is 20.7 Å². The lowest BCUT2D eigenvalue weighted by atomic mass is 10.1. The zero-order valence-corrected chi connectivity index (χ0v) is 24.4. The van der Waals surface area contributed by atoms with Gasteiger partial charge in [-0.25, -0.2) is 18.4 Å². The third-order valence-corrected chi connectivity index (χ3v) is 7.75. The van der Waals surface area contributed by atoms with Gasteiger partial charge in [-0.1, -0.05) is 12.6 Å². The molecule has 1 aliphatic rings. The van der Waals surface area contributed by atoms with E-state index in [1.807, 2.05) is 4.90 Å². The van der Waals surface area contributed by atoms with Gasteiger partial charge in [0, 0.05) is 50.7 Å². The second-order valence-corrected chi connectivity index (χ2v) is 11.6. The molecule has 3 heterocycles. The van der Waals surface area contributed by atoms with Crippen LogP contribution in [0, 0.1) is 6.92 Å². The predicted molar refractivity (Wildman–Crippen MR) is 154 cm³/mol. The Morgan fingerprint density at radius 2 is 1.79 bits per heavy atom. The summed E-state index contributed by atoms with van der Waals surface area (Å²) in [6, 6.07) is 4.88. The molecule has 1 saturated heterocycles. The fourth-order valence-electron chi connectivity index (χ4n) is 4.19. The number of hydrogen-bond donors (Lipinski definition) is 3. The van der Waals surface area contributed by atoms with Gasteiger partial charge in [0.05, 0.1) is 24.7 Å². The van der Waals surface area contributed by atoms with Crippen molar-refractivity contribution in [3.05, 3.63) is 59.9 Å². The Labute approximate surface area is 246 Å². The summed E-state index contributed by atoms with van der Waals surface area (Å²) in [5, 5.41) is 8.09. The SMILES string of the molecule is C=CC(=O)Nc1cc(CN2CCN(S(C)(=O)=O)CC2)ccc1Nc1nc(Nc2nc(OC)ncc2C)ncc1C(F)(F)F. The van der Waals surface area contributed by atoms with E-state index in [1.54, 1.807) is 19.1 Å². The molecular weight excluding hydrogens is 591 g/mol. The molecule has 0 spiro atoms. The van der Waals surface area contributed by atoms with Crippen molar-refractivity contribution in [3.8, 4) is 6.01 Å². The number of aromatic nitrogens is 4. The largest absolute Gasteiger partial charge is 0.467 e. The topological polar surface area (TPSA) is 155 Å². The number of halogens is 3. The van der Waals surface area contributed by atoms with Gasteiger partial charge in [0.1, 0.15) is 17.2 Å². The Balaban J connectivity index is 1.63. The van der Waals surface area contributed by atoms with Crippen LogP contribution in [-0.4, -0.2) is 83.0 Å². The molecule has 3 N–H and O–H groups in total. The third-order valence-electron chi connectivity index (χ3n) is 6.44. The highest BCUT2D eigenvalue weighted by Gasteiger charge is 2.35. The molecule has 0 aliphatic carbocycles. The van der Waals surface area contributed by atoms with Crippen molar-refractivity contribution in [2.45, 2.75) is 19.6 Å². The molecule has 0 saturated carbocycles. The minimum atomic E-state index is -4.80. The number of amides is 1. The number of carbonyl (C=O) groups excluding carboxylic acids is 1. The first-order valence-corrected chi connectivity index (χ1v) is 14.7. The van der Waals surface area contributed by atoms with E-state index in [-0.39, 0.29) is 29.2 Å². The maximum Gasteiger partial charge on any atom is 0.421 e. The highest BCUT2D eigenvalue weighted by atomic mass is 32.2. The minimum absolute atomic E-state index is 0.0401. The van der Waals surface area contributed by atoms with Crippen LogP contribution in [0.2, 0.25) is 0 Å². The molecule has 13 nitrogen and oxygen atoms in total. The first-order valence-electron chi connectivity index (χ1n) is 12.9. The third kappa shape index (κ3) is 8.14. The molecule has 0 unspecified atom stereocenters. The summed E-state index contributed by atoms with van der Waals surface area (Å²) >= 11 is 0. The van der Waals surface area contributed by atoms with E-state index in [0.717, 1.165) is 17.9 Å². The van der Waals surface area contributed by atoms with E-state index < -0.39 is 33.5 Å². The van der Waals surface area contributed by atoms with Crippen LogP contribution in [0.1, 0.15) is 16.7 Å². The van der Waals surface area contributed by atoms with Crippen LogP contribution < -0.4 is 20.7 Å². The molecule has 3 aromatic rings. The number of aryl methyl sites for hydroxylation is 1. The molecule has 1 aromatic carbocycles. The molecule has 43 heavy (non-hydrogen) atoms. The van der Waals surface area contributed by atoms with Crippen LogP contribution in [-0.2, 0) is 27.5 Å². The van der Waals surface area contributed by atoms with Crippen molar-refractivity contribution in [2.75, 3.05) is 55.5 Å². The maximum absolute atomic E-state index is 14.0. The Kier molecular flexibility index (Phi) is 9.46. The Bertz CT molecular complexity index is 1610. The number of benzene rings is 1. The number of nitrogens with one attached hydrogen (secondary N) is 3. The molecular formula is C26H30F3N9O4S. The van der Waals surface area contributed by atoms with Crippen molar-refractivity contribution in [2.24, 2.45) is 0 Å². The van der Waals surface area contributed by atoms with Crippen molar-refractivity contribution >= 4 is 44.9 Å². The lowest BCUT2D eigenvalue weighted by Crippen LogP contribution is -2.47. The second kappa shape index (κ2) is 12.9. The zero-order valence-electron chi connectivity index (χ0n) is 23.6. The molecule has 0 bridgehead atoms. The lowest BCUT2D eigenvalue weighted by Gasteiger charge is -2.33. The van der Waals surface area contributed by atoms with E-state index in [2.05, 4.69) is 42.5 Å². The number of ether oxygens (including phenoxy) is 1. The number of carbonyl (C=O) groups is 1. The number of piperazine rings is 1. The van der Waals surface area contributed by atoms with Gasteiger partial charge in [-0.3, -0.25) is 9.69 Å². The van der Waals surface area contributed by atoms with Crippen molar-refractivity contribution in [1.29, 1.82) is 0 Å².